The average Bonchev–Trinajstić information content (AvgIpc) is 2.41. The van der Waals surface area contributed by atoms with Gasteiger partial charge < -0.3 is 10.2 Å². The van der Waals surface area contributed by atoms with Crippen molar-refractivity contribution in [1.29, 1.82) is 0 Å². The lowest BCUT2D eigenvalue weighted by atomic mass is 9.68. The monoisotopic (exact) mass is 290 g/mol. The summed E-state index contributed by atoms with van der Waals surface area (Å²) in [6, 6.07) is 6.09. The fourth-order valence-electron chi connectivity index (χ4n) is 3.71. The van der Waals surface area contributed by atoms with Crippen molar-refractivity contribution in [2.24, 2.45) is 5.41 Å². The first kappa shape index (κ1) is 16.0. The number of carboxylic acid groups (broad SMARTS) is 1. The van der Waals surface area contributed by atoms with E-state index in [0.29, 0.717) is 6.42 Å². The van der Waals surface area contributed by atoms with Gasteiger partial charge in [0.05, 0.1) is 12.5 Å². The Morgan fingerprint density at radius 1 is 1.24 bits per heavy atom. The number of carboxylic acids is 1. The van der Waals surface area contributed by atoms with Gasteiger partial charge in [-0.1, -0.05) is 43.0 Å². The minimum Gasteiger partial charge on any atom is -0.481 e. The summed E-state index contributed by atoms with van der Waals surface area (Å²) < 4.78 is 0. The largest absolute Gasteiger partial charge is 0.481 e. The quantitative estimate of drug-likeness (QED) is 0.856. The molecule has 0 spiro atoms. The second kappa shape index (κ2) is 6.61. The summed E-state index contributed by atoms with van der Waals surface area (Å²) in [4.78, 5) is 11.2. The molecule has 0 saturated heterocycles. The van der Waals surface area contributed by atoms with Gasteiger partial charge in [0.2, 0.25) is 0 Å². The number of carbonyl (C=O) groups is 1. The van der Waals surface area contributed by atoms with Crippen molar-refractivity contribution in [3.63, 3.8) is 0 Å². The van der Waals surface area contributed by atoms with Crippen LogP contribution in [0, 0.1) is 19.3 Å². The molecule has 1 atom stereocenters. The van der Waals surface area contributed by atoms with Crippen LogP contribution in [0.2, 0.25) is 0 Å². The molecule has 0 radical (unpaired) electrons. The van der Waals surface area contributed by atoms with Crippen LogP contribution in [0.3, 0.4) is 0 Å². The van der Waals surface area contributed by atoms with E-state index in [1.165, 1.54) is 6.42 Å². The predicted octanol–water partition coefficient (Wildman–Crippen LogP) is 4.15. The van der Waals surface area contributed by atoms with Gasteiger partial charge in [0.15, 0.2) is 0 Å². The third kappa shape index (κ3) is 4.07. The summed E-state index contributed by atoms with van der Waals surface area (Å²) in [5.41, 5.74) is 2.92. The minimum absolute atomic E-state index is 0.176. The van der Waals surface area contributed by atoms with Crippen molar-refractivity contribution in [3.05, 3.63) is 34.9 Å². The van der Waals surface area contributed by atoms with Crippen LogP contribution in [-0.2, 0) is 4.79 Å². The van der Waals surface area contributed by atoms with Crippen molar-refractivity contribution in [3.8, 4) is 0 Å². The van der Waals surface area contributed by atoms with Crippen molar-refractivity contribution in [2.75, 3.05) is 0 Å². The van der Waals surface area contributed by atoms with Gasteiger partial charge in [-0.05, 0) is 49.7 Å². The molecule has 1 saturated carbocycles. The normalized spacial score (nSPS) is 19.2. The van der Waals surface area contributed by atoms with Crippen LogP contribution < -0.4 is 0 Å². The van der Waals surface area contributed by atoms with Crippen molar-refractivity contribution in [2.45, 2.75) is 64.9 Å². The molecule has 0 bridgehead atoms. The summed E-state index contributed by atoms with van der Waals surface area (Å²) in [7, 11) is 0. The molecule has 2 N–H and O–H groups in total. The lowest BCUT2D eigenvalue weighted by molar-refractivity contribution is -0.141. The molecule has 116 valence electrons. The van der Waals surface area contributed by atoms with Crippen LogP contribution in [0.15, 0.2) is 18.2 Å². The second-order valence-electron chi connectivity index (χ2n) is 6.71. The van der Waals surface area contributed by atoms with Gasteiger partial charge in [0.25, 0.3) is 0 Å². The summed E-state index contributed by atoms with van der Waals surface area (Å²) in [6.07, 6.45) is 5.34. The third-order valence-corrected chi connectivity index (χ3v) is 4.86. The number of aliphatic carboxylic acids is 1. The molecule has 3 nitrogen and oxygen atoms in total. The molecule has 2 rings (SSSR count). The van der Waals surface area contributed by atoms with Crippen LogP contribution >= 0.6 is 0 Å². The highest BCUT2D eigenvalue weighted by Crippen LogP contribution is 2.46. The molecular weight excluding hydrogens is 264 g/mol. The van der Waals surface area contributed by atoms with E-state index < -0.39 is 12.1 Å². The fraction of sp³-hybridized carbons (Fsp3) is 0.611. The number of hydrogen-bond acceptors (Lipinski definition) is 2. The Hall–Kier alpha value is -1.35. The fourth-order valence-corrected chi connectivity index (χ4v) is 3.71. The topological polar surface area (TPSA) is 57.5 Å². The van der Waals surface area contributed by atoms with E-state index in [4.69, 9.17) is 0 Å². The maximum Gasteiger partial charge on any atom is 0.303 e. The number of benzene rings is 1. The van der Waals surface area contributed by atoms with E-state index in [2.05, 4.69) is 0 Å². The molecule has 3 heteroatoms. The van der Waals surface area contributed by atoms with Crippen LogP contribution in [0.4, 0.5) is 0 Å². The van der Waals surface area contributed by atoms with Gasteiger partial charge in [0, 0.05) is 0 Å². The average molecular weight is 290 g/mol. The van der Waals surface area contributed by atoms with Gasteiger partial charge in [0.1, 0.15) is 0 Å². The Morgan fingerprint density at radius 3 is 2.52 bits per heavy atom. The Labute approximate surface area is 127 Å². The van der Waals surface area contributed by atoms with E-state index in [9.17, 15) is 15.0 Å². The summed E-state index contributed by atoms with van der Waals surface area (Å²) in [5, 5.41) is 19.9. The molecule has 1 aromatic carbocycles. The third-order valence-electron chi connectivity index (χ3n) is 4.86. The Bertz CT molecular complexity index is 501. The van der Waals surface area contributed by atoms with E-state index >= 15 is 0 Å². The first-order chi connectivity index (χ1) is 9.92. The van der Waals surface area contributed by atoms with E-state index in [-0.39, 0.29) is 11.8 Å². The SMILES string of the molecule is Cc1ccc(C)c(C(O)CC2(CC(=O)O)CCCCC2)c1. The Morgan fingerprint density at radius 2 is 1.90 bits per heavy atom. The lowest BCUT2D eigenvalue weighted by Crippen LogP contribution is -2.29. The molecule has 0 aromatic heterocycles. The van der Waals surface area contributed by atoms with Crippen LogP contribution in [0.5, 0.6) is 0 Å². The van der Waals surface area contributed by atoms with Crippen molar-refractivity contribution in [1.82, 2.24) is 0 Å². The number of rotatable bonds is 5. The first-order valence-electron chi connectivity index (χ1n) is 7.89. The zero-order valence-electron chi connectivity index (χ0n) is 13.1. The van der Waals surface area contributed by atoms with E-state index in [0.717, 1.165) is 42.4 Å². The first-order valence-corrected chi connectivity index (χ1v) is 7.89. The second-order valence-corrected chi connectivity index (χ2v) is 6.71. The number of aliphatic hydroxyl groups is 1. The molecule has 0 aliphatic heterocycles. The van der Waals surface area contributed by atoms with Gasteiger partial charge in [-0.2, -0.15) is 0 Å². The molecule has 1 aliphatic rings. The molecule has 1 aromatic rings. The smallest absolute Gasteiger partial charge is 0.303 e. The lowest BCUT2D eigenvalue weighted by Gasteiger charge is -2.38. The molecule has 0 amide bonds. The van der Waals surface area contributed by atoms with Crippen LogP contribution in [-0.4, -0.2) is 16.2 Å². The van der Waals surface area contributed by atoms with Crippen molar-refractivity contribution < 1.29 is 15.0 Å². The number of aliphatic hydroxyl groups excluding tert-OH is 1. The molecule has 1 fully saturated rings. The maximum atomic E-state index is 11.2. The van der Waals surface area contributed by atoms with Crippen LogP contribution in [0.1, 0.15) is 67.7 Å². The van der Waals surface area contributed by atoms with Crippen molar-refractivity contribution >= 4 is 5.97 Å². The zero-order chi connectivity index (χ0) is 15.5. The Kier molecular flexibility index (Phi) is 5.04. The number of hydrogen-bond donors (Lipinski definition) is 2. The Balaban J connectivity index is 2.19. The highest BCUT2D eigenvalue weighted by Gasteiger charge is 2.36. The summed E-state index contributed by atoms with van der Waals surface area (Å²) >= 11 is 0. The molecule has 21 heavy (non-hydrogen) atoms. The van der Waals surface area contributed by atoms with Gasteiger partial charge in [-0.3, -0.25) is 4.79 Å². The van der Waals surface area contributed by atoms with Gasteiger partial charge >= 0.3 is 5.97 Å². The predicted molar refractivity (Wildman–Crippen MR) is 83.3 cm³/mol. The van der Waals surface area contributed by atoms with Crippen LogP contribution in [0.25, 0.3) is 0 Å². The molecular formula is C18H26O3. The van der Waals surface area contributed by atoms with Gasteiger partial charge in [-0.25, -0.2) is 0 Å². The minimum atomic E-state index is -0.745. The zero-order valence-corrected chi connectivity index (χ0v) is 13.1. The molecule has 1 aliphatic carbocycles. The van der Waals surface area contributed by atoms with Gasteiger partial charge in [-0.15, -0.1) is 0 Å². The highest BCUT2D eigenvalue weighted by atomic mass is 16.4. The molecule has 1 unspecified atom stereocenters. The highest BCUT2D eigenvalue weighted by molar-refractivity contribution is 5.67. The standard InChI is InChI=1S/C18H26O3/c1-13-6-7-14(2)15(10-13)16(19)11-18(12-17(20)21)8-4-3-5-9-18/h6-7,10,16,19H,3-5,8-9,11-12H2,1-2H3,(H,20,21). The maximum absolute atomic E-state index is 11.2. The summed E-state index contributed by atoms with van der Waals surface area (Å²) in [5.74, 6) is -0.745. The number of aryl methyl sites for hydroxylation is 2. The molecule has 0 heterocycles. The summed E-state index contributed by atoms with van der Waals surface area (Å²) in [6.45, 7) is 4.02. The van der Waals surface area contributed by atoms with E-state index in [1.54, 1.807) is 0 Å². The van der Waals surface area contributed by atoms with E-state index in [1.807, 2.05) is 32.0 Å².